The standard InChI is InChI=1S/C25H25N3O4S/c1-3-32-23(30)14-17-15-33-25(26-17)28-22(29)13-12-20-19-6-4-5-7-21(19)27-24(20)16-8-10-18(31-2)11-9-16/h4-11,15,27H,3,12-14H2,1-2H3,(H,26,28,29). The smallest absolute Gasteiger partial charge is 0.311 e. The number of nitrogens with one attached hydrogen (secondary N) is 2. The molecule has 0 aliphatic rings. The summed E-state index contributed by atoms with van der Waals surface area (Å²) in [5.41, 5.74) is 4.74. The Hall–Kier alpha value is -3.65. The molecule has 0 atom stereocenters. The first kappa shape index (κ1) is 22.5. The topological polar surface area (TPSA) is 93.3 Å². The Morgan fingerprint density at radius 2 is 1.91 bits per heavy atom. The number of benzene rings is 2. The van der Waals surface area contributed by atoms with E-state index in [4.69, 9.17) is 9.47 Å². The maximum Gasteiger partial charge on any atom is 0.311 e. The van der Waals surface area contributed by atoms with Gasteiger partial charge in [-0.1, -0.05) is 18.2 Å². The van der Waals surface area contributed by atoms with Crippen molar-refractivity contribution in [1.82, 2.24) is 9.97 Å². The molecule has 33 heavy (non-hydrogen) atoms. The first-order valence-corrected chi connectivity index (χ1v) is 11.6. The van der Waals surface area contributed by atoms with Crippen molar-refractivity contribution in [3.8, 4) is 17.0 Å². The molecular formula is C25H25N3O4S. The zero-order valence-corrected chi connectivity index (χ0v) is 19.3. The van der Waals surface area contributed by atoms with Crippen molar-refractivity contribution in [2.45, 2.75) is 26.2 Å². The molecule has 1 amide bonds. The molecule has 2 aromatic heterocycles. The number of fused-ring (bicyclic) bond motifs is 1. The van der Waals surface area contributed by atoms with Crippen LogP contribution in [0.15, 0.2) is 53.9 Å². The van der Waals surface area contributed by atoms with Crippen LogP contribution in [0.2, 0.25) is 0 Å². The molecule has 0 spiro atoms. The SMILES string of the molecule is CCOC(=O)Cc1csc(NC(=O)CCc2c(-c3ccc(OC)cc3)[nH]c3ccccc23)n1. The Balaban J connectivity index is 1.47. The van der Waals surface area contributed by atoms with E-state index in [1.165, 1.54) is 11.3 Å². The number of aromatic nitrogens is 2. The van der Waals surface area contributed by atoms with E-state index in [1.54, 1.807) is 19.4 Å². The predicted octanol–water partition coefficient (Wildman–Crippen LogP) is 4.98. The number of hydrogen-bond donors (Lipinski definition) is 2. The fourth-order valence-electron chi connectivity index (χ4n) is 3.69. The van der Waals surface area contributed by atoms with Crippen molar-refractivity contribution in [2.75, 3.05) is 19.0 Å². The highest BCUT2D eigenvalue weighted by molar-refractivity contribution is 7.13. The molecule has 0 saturated carbocycles. The number of ether oxygens (including phenoxy) is 2. The van der Waals surface area contributed by atoms with E-state index in [0.29, 0.717) is 30.3 Å². The van der Waals surface area contributed by atoms with Crippen molar-refractivity contribution in [3.63, 3.8) is 0 Å². The molecular weight excluding hydrogens is 438 g/mol. The maximum absolute atomic E-state index is 12.6. The number of nitrogens with zero attached hydrogens (tertiary/aromatic N) is 1. The van der Waals surface area contributed by atoms with Crippen LogP contribution in [0.4, 0.5) is 5.13 Å². The van der Waals surface area contributed by atoms with Gasteiger partial charge in [0.25, 0.3) is 0 Å². The molecule has 170 valence electrons. The summed E-state index contributed by atoms with van der Waals surface area (Å²) in [4.78, 5) is 32.1. The Morgan fingerprint density at radius 3 is 2.67 bits per heavy atom. The summed E-state index contributed by atoms with van der Waals surface area (Å²) in [5, 5.41) is 6.18. The van der Waals surface area contributed by atoms with E-state index in [-0.39, 0.29) is 18.3 Å². The molecule has 2 aromatic carbocycles. The van der Waals surface area contributed by atoms with Crippen LogP contribution in [0.25, 0.3) is 22.2 Å². The lowest BCUT2D eigenvalue weighted by Crippen LogP contribution is -2.13. The van der Waals surface area contributed by atoms with Crippen LogP contribution in [-0.4, -0.2) is 35.6 Å². The van der Waals surface area contributed by atoms with Crippen LogP contribution in [0, 0.1) is 0 Å². The Kier molecular flexibility index (Phi) is 7.04. The summed E-state index contributed by atoms with van der Waals surface area (Å²) in [6.07, 6.45) is 0.969. The first-order chi connectivity index (χ1) is 16.1. The number of aryl methyl sites for hydroxylation is 1. The highest BCUT2D eigenvalue weighted by atomic mass is 32.1. The van der Waals surface area contributed by atoms with Crippen LogP contribution < -0.4 is 10.1 Å². The molecule has 8 heteroatoms. The molecule has 0 aliphatic heterocycles. The zero-order chi connectivity index (χ0) is 23.2. The van der Waals surface area contributed by atoms with E-state index < -0.39 is 0 Å². The fourth-order valence-corrected chi connectivity index (χ4v) is 4.42. The summed E-state index contributed by atoms with van der Waals surface area (Å²) < 4.78 is 10.2. The highest BCUT2D eigenvalue weighted by Gasteiger charge is 2.16. The maximum atomic E-state index is 12.6. The van der Waals surface area contributed by atoms with Gasteiger partial charge >= 0.3 is 5.97 Å². The second-order valence-corrected chi connectivity index (χ2v) is 8.28. The van der Waals surface area contributed by atoms with Gasteiger partial charge in [0.15, 0.2) is 5.13 Å². The first-order valence-electron chi connectivity index (χ1n) is 10.7. The van der Waals surface area contributed by atoms with Crippen molar-refractivity contribution in [3.05, 3.63) is 65.2 Å². The van der Waals surface area contributed by atoms with Gasteiger partial charge in [-0.15, -0.1) is 11.3 Å². The molecule has 0 radical (unpaired) electrons. The van der Waals surface area contributed by atoms with Crippen molar-refractivity contribution >= 4 is 39.2 Å². The second-order valence-electron chi connectivity index (χ2n) is 7.43. The minimum Gasteiger partial charge on any atom is -0.497 e. The largest absolute Gasteiger partial charge is 0.497 e. The van der Waals surface area contributed by atoms with Crippen LogP contribution in [-0.2, 0) is 27.2 Å². The van der Waals surface area contributed by atoms with Crippen molar-refractivity contribution < 1.29 is 19.1 Å². The summed E-state index contributed by atoms with van der Waals surface area (Å²) in [5.74, 6) is 0.339. The van der Waals surface area contributed by atoms with Gasteiger partial charge < -0.3 is 19.8 Å². The van der Waals surface area contributed by atoms with Crippen LogP contribution in [0.5, 0.6) is 5.75 Å². The molecule has 2 heterocycles. The minimum absolute atomic E-state index is 0.0980. The number of methoxy groups -OCH3 is 1. The third kappa shape index (κ3) is 5.40. The number of amides is 1. The third-order valence-corrected chi connectivity index (χ3v) is 6.03. The van der Waals surface area contributed by atoms with Crippen molar-refractivity contribution in [1.29, 1.82) is 0 Å². The Labute approximate surface area is 195 Å². The van der Waals surface area contributed by atoms with Crippen LogP contribution in [0.1, 0.15) is 24.6 Å². The minimum atomic E-state index is -0.328. The average molecular weight is 464 g/mol. The van der Waals surface area contributed by atoms with E-state index in [1.807, 2.05) is 42.5 Å². The zero-order valence-electron chi connectivity index (χ0n) is 18.5. The van der Waals surface area contributed by atoms with Crippen LogP contribution in [0.3, 0.4) is 0 Å². The van der Waals surface area contributed by atoms with Gasteiger partial charge in [-0.3, -0.25) is 9.59 Å². The van der Waals surface area contributed by atoms with E-state index in [2.05, 4.69) is 21.4 Å². The lowest BCUT2D eigenvalue weighted by molar-refractivity contribution is -0.142. The molecule has 0 fully saturated rings. The van der Waals surface area contributed by atoms with Crippen LogP contribution >= 0.6 is 11.3 Å². The van der Waals surface area contributed by atoms with E-state index in [9.17, 15) is 9.59 Å². The molecule has 4 aromatic rings. The number of carbonyl (C=O) groups is 2. The van der Waals surface area contributed by atoms with Gasteiger partial charge in [-0.25, -0.2) is 4.98 Å². The molecule has 0 aliphatic carbocycles. The van der Waals surface area contributed by atoms with E-state index in [0.717, 1.165) is 33.5 Å². The number of H-pyrrole nitrogens is 1. The molecule has 0 bridgehead atoms. The van der Waals surface area contributed by atoms with Gasteiger partial charge in [0, 0.05) is 28.4 Å². The summed E-state index contributed by atoms with van der Waals surface area (Å²) in [6, 6.07) is 16.0. The highest BCUT2D eigenvalue weighted by Crippen LogP contribution is 2.32. The van der Waals surface area contributed by atoms with Gasteiger partial charge in [0.05, 0.1) is 25.8 Å². The lowest BCUT2D eigenvalue weighted by atomic mass is 10.0. The number of hydrogen-bond acceptors (Lipinski definition) is 6. The number of aromatic amines is 1. The number of carbonyl (C=O) groups excluding carboxylic acids is 2. The molecule has 7 nitrogen and oxygen atoms in total. The number of para-hydroxylation sites is 1. The predicted molar refractivity (Wildman–Crippen MR) is 130 cm³/mol. The second kappa shape index (κ2) is 10.3. The van der Waals surface area contributed by atoms with Gasteiger partial charge in [0.2, 0.25) is 5.91 Å². The Morgan fingerprint density at radius 1 is 1.12 bits per heavy atom. The van der Waals surface area contributed by atoms with Gasteiger partial charge in [-0.2, -0.15) is 0 Å². The molecule has 0 saturated heterocycles. The summed E-state index contributed by atoms with van der Waals surface area (Å²) >= 11 is 1.30. The molecule has 0 unspecified atom stereocenters. The number of thiazole rings is 1. The van der Waals surface area contributed by atoms with Gasteiger partial charge in [0.1, 0.15) is 5.75 Å². The normalized spacial score (nSPS) is 10.8. The molecule has 4 rings (SSSR count). The van der Waals surface area contributed by atoms with E-state index >= 15 is 0 Å². The quantitative estimate of drug-likeness (QED) is 0.342. The molecule has 2 N–H and O–H groups in total. The fraction of sp³-hybridized carbons (Fsp3) is 0.240. The third-order valence-electron chi connectivity index (χ3n) is 5.22. The average Bonchev–Trinajstić information content (AvgIpc) is 3.41. The van der Waals surface area contributed by atoms with Crippen molar-refractivity contribution in [2.24, 2.45) is 0 Å². The van der Waals surface area contributed by atoms with Gasteiger partial charge in [-0.05, 0) is 54.8 Å². The number of rotatable bonds is 9. The summed E-state index contributed by atoms with van der Waals surface area (Å²) in [7, 11) is 1.64. The number of esters is 1. The monoisotopic (exact) mass is 463 g/mol. The Bertz CT molecular complexity index is 1260. The lowest BCUT2D eigenvalue weighted by Gasteiger charge is -2.07. The summed E-state index contributed by atoms with van der Waals surface area (Å²) in [6.45, 7) is 2.09. The number of anilines is 1.